The van der Waals surface area contributed by atoms with Gasteiger partial charge in [-0.15, -0.1) is 0 Å². The van der Waals surface area contributed by atoms with Gasteiger partial charge in [0.25, 0.3) is 11.8 Å². The summed E-state index contributed by atoms with van der Waals surface area (Å²) in [6, 6.07) is 9.55. The van der Waals surface area contributed by atoms with E-state index in [9.17, 15) is 18.4 Å². The van der Waals surface area contributed by atoms with Gasteiger partial charge in [0.05, 0.1) is 0 Å². The van der Waals surface area contributed by atoms with Crippen molar-refractivity contribution in [2.24, 2.45) is 0 Å². The van der Waals surface area contributed by atoms with Gasteiger partial charge in [-0.25, -0.2) is 8.78 Å². The van der Waals surface area contributed by atoms with E-state index in [0.29, 0.717) is 11.3 Å². The first-order valence-corrected chi connectivity index (χ1v) is 8.44. The van der Waals surface area contributed by atoms with E-state index in [1.165, 1.54) is 29.2 Å². The molecule has 0 bridgehead atoms. The predicted molar refractivity (Wildman–Crippen MR) is 97.6 cm³/mol. The van der Waals surface area contributed by atoms with Gasteiger partial charge in [-0.3, -0.25) is 9.59 Å². The van der Waals surface area contributed by atoms with Gasteiger partial charge in [0.2, 0.25) is 0 Å². The van der Waals surface area contributed by atoms with Crippen molar-refractivity contribution in [3.63, 3.8) is 0 Å². The molecular weight excluding hydrogens is 354 g/mol. The quantitative estimate of drug-likeness (QED) is 0.808. The molecule has 7 heteroatoms. The lowest BCUT2D eigenvalue weighted by atomic mass is 10.1. The van der Waals surface area contributed by atoms with Gasteiger partial charge in [0, 0.05) is 31.3 Å². The fourth-order valence-electron chi connectivity index (χ4n) is 2.39. The van der Waals surface area contributed by atoms with Gasteiger partial charge in [0.15, 0.2) is 6.61 Å². The third kappa shape index (κ3) is 5.77. The lowest BCUT2D eigenvalue weighted by Crippen LogP contribution is -2.34. The summed E-state index contributed by atoms with van der Waals surface area (Å²) in [7, 11) is 3.24. The number of carbonyl (C=O) groups excluding carboxylic acids is 2. The summed E-state index contributed by atoms with van der Waals surface area (Å²) < 4.78 is 32.8. The number of hydrogen-bond donors (Lipinski definition) is 1. The number of nitrogens with one attached hydrogen (secondary N) is 1. The van der Waals surface area contributed by atoms with Crippen molar-refractivity contribution in [1.29, 1.82) is 0 Å². The molecule has 0 saturated carbocycles. The molecule has 144 valence electrons. The molecule has 0 aliphatic heterocycles. The van der Waals surface area contributed by atoms with E-state index in [0.717, 1.165) is 0 Å². The number of amides is 2. The molecule has 5 nitrogen and oxygen atoms in total. The number of nitrogens with zero attached hydrogens (tertiary/aromatic N) is 1. The smallest absolute Gasteiger partial charge is 0.259 e. The maximum atomic E-state index is 13.7. The zero-order valence-corrected chi connectivity index (χ0v) is 15.5. The summed E-state index contributed by atoms with van der Waals surface area (Å²) in [6.45, 7) is 1.53. The molecule has 0 radical (unpaired) electrons. The minimum absolute atomic E-state index is 0.0256. The highest BCUT2D eigenvalue weighted by atomic mass is 19.1. The first kappa shape index (κ1) is 20.4. The fourth-order valence-corrected chi connectivity index (χ4v) is 2.39. The SMILES string of the molecule is CC(Cc1c(F)cccc1F)NC(=O)c1cccc(OCC(=O)N(C)C)c1. The van der Waals surface area contributed by atoms with E-state index >= 15 is 0 Å². The normalized spacial score (nSPS) is 11.6. The zero-order valence-electron chi connectivity index (χ0n) is 15.5. The minimum atomic E-state index is -0.642. The average Bonchev–Trinajstić information content (AvgIpc) is 2.63. The molecule has 0 spiro atoms. The summed E-state index contributed by atoms with van der Waals surface area (Å²) in [5.41, 5.74) is 0.259. The average molecular weight is 376 g/mol. The van der Waals surface area contributed by atoms with Crippen molar-refractivity contribution >= 4 is 11.8 Å². The Morgan fingerprint density at radius 1 is 1.11 bits per heavy atom. The second-order valence-electron chi connectivity index (χ2n) is 6.38. The van der Waals surface area contributed by atoms with Gasteiger partial charge in [-0.05, 0) is 43.7 Å². The van der Waals surface area contributed by atoms with Crippen molar-refractivity contribution in [3.05, 3.63) is 65.2 Å². The van der Waals surface area contributed by atoms with Crippen molar-refractivity contribution in [1.82, 2.24) is 10.2 Å². The number of halogens is 2. The Kier molecular flexibility index (Phi) is 6.87. The molecule has 1 unspecified atom stereocenters. The third-order valence-corrected chi connectivity index (χ3v) is 3.91. The highest BCUT2D eigenvalue weighted by Crippen LogP contribution is 2.16. The van der Waals surface area contributed by atoms with Crippen LogP contribution in [0, 0.1) is 11.6 Å². The summed E-state index contributed by atoms with van der Waals surface area (Å²) >= 11 is 0. The van der Waals surface area contributed by atoms with Gasteiger partial charge < -0.3 is 15.0 Å². The zero-order chi connectivity index (χ0) is 20.0. The molecule has 1 atom stereocenters. The number of hydrogen-bond acceptors (Lipinski definition) is 3. The topological polar surface area (TPSA) is 58.6 Å². The lowest BCUT2D eigenvalue weighted by Gasteiger charge is -2.16. The molecule has 0 heterocycles. The maximum absolute atomic E-state index is 13.7. The molecule has 0 aliphatic rings. The number of likely N-dealkylation sites (N-methyl/N-ethyl adjacent to an activating group) is 1. The Bertz CT molecular complexity index is 804. The molecule has 2 aromatic carbocycles. The van der Waals surface area contributed by atoms with Crippen molar-refractivity contribution in [3.8, 4) is 5.75 Å². The first-order chi connectivity index (χ1) is 12.8. The standard InChI is InChI=1S/C20H22F2N2O3/c1-13(10-16-17(21)8-5-9-18(16)22)23-20(26)14-6-4-7-15(11-14)27-12-19(25)24(2)3/h4-9,11,13H,10,12H2,1-3H3,(H,23,26). The van der Waals surface area contributed by atoms with Gasteiger partial charge in [-0.1, -0.05) is 12.1 Å². The Balaban J connectivity index is 1.99. The van der Waals surface area contributed by atoms with Gasteiger partial charge >= 0.3 is 0 Å². The summed E-state index contributed by atoms with van der Waals surface area (Å²) in [5.74, 6) is -1.51. The largest absolute Gasteiger partial charge is 0.484 e. The van der Waals surface area contributed by atoms with Crippen molar-refractivity contribution < 1.29 is 23.1 Å². The highest BCUT2D eigenvalue weighted by molar-refractivity contribution is 5.94. The van der Waals surface area contributed by atoms with Crippen LogP contribution in [0.15, 0.2) is 42.5 Å². The van der Waals surface area contributed by atoms with E-state index < -0.39 is 23.6 Å². The van der Waals surface area contributed by atoms with Crippen LogP contribution in [0.5, 0.6) is 5.75 Å². The third-order valence-electron chi connectivity index (χ3n) is 3.91. The van der Waals surface area contributed by atoms with Gasteiger partial charge in [-0.2, -0.15) is 0 Å². The van der Waals surface area contributed by atoms with Crippen LogP contribution in [0.25, 0.3) is 0 Å². The van der Waals surface area contributed by atoms with Crippen LogP contribution in [0.3, 0.4) is 0 Å². The van der Waals surface area contributed by atoms with Crippen LogP contribution in [0.1, 0.15) is 22.8 Å². The van der Waals surface area contributed by atoms with Crippen LogP contribution in [0.4, 0.5) is 8.78 Å². The Hall–Kier alpha value is -2.96. The number of ether oxygens (including phenoxy) is 1. The molecule has 0 aliphatic carbocycles. The molecular formula is C20H22F2N2O3. The monoisotopic (exact) mass is 376 g/mol. The molecule has 0 fully saturated rings. The maximum Gasteiger partial charge on any atom is 0.259 e. The molecule has 0 aromatic heterocycles. The highest BCUT2D eigenvalue weighted by Gasteiger charge is 2.16. The Labute approximate surface area is 156 Å². The van der Waals surface area contributed by atoms with E-state index in [4.69, 9.17) is 4.74 Å². The predicted octanol–water partition coefficient (Wildman–Crippen LogP) is 2.79. The minimum Gasteiger partial charge on any atom is -0.484 e. The van der Waals surface area contributed by atoms with Crippen LogP contribution < -0.4 is 10.1 Å². The lowest BCUT2D eigenvalue weighted by molar-refractivity contribution is -0.130. The summed E-state index contributed by atoms with van der Waals surface area (Å²) in [5, 5.41) is 2.71. The molecule has 2 rings (SSSR count). The molecule has 2 amide bonds. The van der Waals surface area contributed by atoms with E-state index in [1.54, 1.807) is 39.2 Å². The van der Waals surface area contributed by atoms with Crippen molar-refractivity contribution in [2.75, 3.05) is 20.7 Å². The second kappa shape index (κ2) is 9.12. The van der Waals surface area contributed by atoms with E-state index in [1.807, 2.05) is 0 Å². The van der Waals surface area contributed by atoms with E-state index in [2.05, 4.69) is 5.32 Å². The van der Waals surface area contributed by atoms with Crippen LogP contribution in [-0.4, -0.2) is 43.5 Å². The molecule has 27 heavy (non-hydrogen) atoms. The van der Waals surface area contributed by atoms with E-state index in [-0.39, 0.29) is 24.5 Å². The number of carbonyl (C=O) groups is 2. The second-order valence-corrected chi connectivity index (χ2v) is 6.38. The number of benzene rings is 2. The fraction of sp³-hybridized carbons (Fsp3) is 0.300. The number of rotatable bonds is 7. The molecule has 2 aromatic rings. The Morgan fingerprint density at radius 2 is 1.74 bits per heavy atom. The van der Waals surface area contributed by atoms with Crippen LogP contribution in [0.2, 0.25) is 0 Å². The van der Waals surface area contributed by atoms with Gasteiger partial charge in [0.1, 0.15) is 17.4 Å². The first-order valence-electron chi connectivity index (χ1n) is 8.44. The van der Waals surface area contributed by atoms with Crippen molar-refractivity contribution in [2.45, 2.75) is 19.4 Å². The van der Waals surface area contributed by atoms with Crippen LogP contribution in [-0.2, 0) is 11.2 Å². The summed E-state index contributed by atoms with van der Waals surface area (Å²) in [6.07, 6.45) is 0.0256. The Morgan fingerprint density at radius 3 is 2.37 bits per heavy atom. The van der Waals surface area contributed by atoms with Crippen LogP contribution >= 0.6 is 0 Å². The molecule has 0 saturated heterocycles. The summed E-state index contributed by atoms with van der Waals surface area (Å²) in [4.78, 5) is 25.4. The molecule has 1 N–H and O–H groups in total.